The fraction of sp³-hybridized carbons (Fsp3) is 0.300. The van der Waals surface area contributed by atoms with Gasteiger partial charge < -0.3 is 19.7 Å². The molecule has 1 aromatic heterocycles. The quantitative estimate of drug-likeness (QED) is 0.876. The molecule has 0 aliphatic carbocycles. The molecule has 1 fully saturated rings. The van der Waals surface area contributed by atoms with E-state index >= 15 is 0 Å². The van der Waals surface area contributed by atoms with Crippen LogP contribution in [-0.2, 0) is 16.1 Å². The summed E-state index contributed by atoms with van der Waals surface area (Å²) < 4.78 is 11.0. The second-order valence-electron chi connectivity index (χ2n) is 6.45. The third-order valence-corrected chi connectivity index (χ3v) is 4.81. The van der Waals surface area contributed by atoms with Gasteiger partial charge >= 0.3 is 0 Å². The molecular weight excluding hydrogens is 366 g/mol. The number of benzene rings is 1. The molecule has 1 amide bonds. The Morgan fingerprint density at radius 2 is 2.07 bits per heavy atom. The van der Waals surface area contributed by atoms with Crippen molar-refractivity contribution in [2.75, 3.05) is 37.8 Å². The highest BCUT2D eigenvalue weighted by Crippen LogP contribution is 2.29. The van der Waals surface area contributed by atoms with Crippen molar-refractivity contribution in [2.24, 2.45) is 0 Å². The van der Waals surface area contributed by atoms with E-state index in [2.05, 4.69) is 15.2 Å². The zero-order valence-corrected chi connectivity index (χ0v) is 15.5. The second kappa shape index (κ2) is 7.98. The number of hydrogen-bond donors (Lipinski definition) is 1. The number of carbonyl (C=O) groups excluding carboxylic acids is 1. The topological polar surface area (TPSA) is 63.7 Å². The van der Waals surface area contributed by atoms with Gasteiger partial charge in [0.2, 0.25) is 0 Å². The molecule has 0 bridgehead atoms. The van der Waals surface area contributed by atoms with E-state index in [1.54, 1.807) is 18.3 Å². The second-order valence-corrected chi connectivity index (χ2v) is 6.88. The Morgan fingerprint density at radius 3 is 2.85 bits per heavy atom. The predicted molar refractivity (Wildman–Crippen MR) is 104 cm³/mol. The van der Waals surface area contributed by atoms with Crippen molar-refractivity contribution in [2.45, 2.75) is 6.54 Å². The van der Waals surface area contributed by atoms with Gasteiger partial charge in [-0.1, -0.05) is 17.7 Å². The maximum absolute atomic E-state index is 12.4. The summed E-state index contributed by atoms with van der Waals surface area (Å²) in [5.74, 6) is 1.52. The summed E-state index contributed by atoms with van der Waals surface area (Å²) >= 11 is 6.01. The number of fused-ring (bicyclic) bond motifs is 1. The number of amides is 1. The van der Waals surface area contributed by atoms with Gasteiger partial charge in [0, 0.05) is 36.4 Å². The molecule has 3 heterocycles. The molecule has 2 aliphatic heterocycles. The van der Waals surface area contributed by atoms with Gasteiger partial charge in [-0.05, 0) is 35.9 Å². The lowest BCUT2D eigenvalue weighted by molar-refractivity contribution is -0.117. The number of carbonyl (C=O) groups is 1. The van der Waals surface area contributed by atoms with Crippen molar-refractivity contribution in [3.05, 3.63) is 58.3 Å². The number of nitrogens with zero attached hydrogens (tertiary/aromatic N) is 2. The first kappa shape index (κ1) is 17.8. The summed E-state index contributed by atoms with van der Waals surface area (Å²) in [7, 11) is 0. The molecule has 0 saturated carbocycles. The first-order valence-corrected chi connectivity index (χ1v) is 9.25. The minimum atomic E-state index is -0.155. The van der Waals surface area contributed by atoms with Crippen molar-refractivity contribution in [3.8, 4) is 5.75 Å². The number of morpholine rings is 1. The molecule has 1 N–H and O–H groups in total. The summed E-state index contributed by atoms with van der Waals surface area (Å²) in [5, 5.41) is 3.53. The summed E-state index contributed by atoms with van der Waals surface area (Å²) in [6.45, 7) is 3.81. The minimum Gasteiger partial charge on any atom is -0.488 e. The molecule has 7 heteroatoms. The Morgan fingerprint density at radius 1 is 1.22 bits per heavy atom. The van der Waals surface area contributed by atoms with Crippen LogP contribution in [-0.4, -0.2) is 43.8 Å². The number of rotatable bonds is 4. The first-order chi connectivity index (χ1) is 13.2. The van der Waals surface area contributed by atoms with E-state index in [1.165, 1.54) is 0 Å². The van der Waals surface area contributed by atoms with Gasteiger partial charge in [0.25, 0.3) is 5.91 Å². The van der Waals surface area contributed by atoms with E-state index in [-0.39, 0.29) is 12.5 Å². The van der Waals surface area contributed by atoms with Crippen molar-refractivity contribution in [1.29, 1.82) is 0 Å². The minimum absolute atomic E-state index is 0.155. The van der Waals surface area contributed by atoms with Crippen molar-refractivity contribution >= 4 is 29.4 Å². The molecule has 27 heavy (non-hydrogen) atoms. The van der Waals surface area contributed by atoms with Gasteiger partial charge in [-0.3, -0.25) is 4.79 Å². The summed E-state index contributed by atoms with van der Waals surface area (Å²) in [4.78, 5) is 19.1. The Labute approximate surface area is 162 Å². The number of pyridine rings is 1. The maximum atomic E-state index is 12.4. The zero-order chi connectivity index (χ0) is 18.6. The van der Waals surface area contributed by atoms with Crippen LogP contribution in [0.2, 0.25) is 5.02 Å². The molecule has 1 aromatic carbocycles. The maximum Gasteiger partial charge on any atom is 0.250 e. The van der Waals surface area contributed by atoms with Crippen LogP contribution in [0.3, 0.4) is 0 Å². The Bertz CT molecular complexity index is 861. The van der Waals surface area contributed by atoms with Crippen molar-refractivity contribution in [3.63, 3.8) is 0 Å². The smallest absolute Gasteiger partial charge is 0.250 e. The highest BCUT2D eigenvalue weighted by molar-refractivity contribution is 6.30. The SMILES string of the molecule is O=C(NCc1ccc(N2CCOCC2)nc1)C1=Cc2cc(Cl)ccc2OC1. The number of ether oxygens (including phenoxy) is 2. The summed E-state index contributed by atoms with van der Waals surface area (Å²) in [6, 6.07) is 9.34. The molecule has 6 nitrogen and oxygen atoms in total. The third kappa shape index (κ3) is 4.23. The van der Waals surface area contributed by atoms with Gasteiger partial charge in [0.1, 0.15) is 18.2 Å². The Balaban J connectivity index is 1.36. The van der Waals surface area contributed by atoms with Gasteiger partial charge in [-0.25, -0.2) is 4.98 Å². The average Bonchev–Trinajstić information content (AvgIpc) is 2.72. The number of nitrogens with one attached hydrogen (secondary N) is 1. The molecule has 140 valence electrons. The normalized spacial score (nSPS) is 16.2. The molecule has 0 radical (unpaired) electrons. The Hall–Kier alpha value is -2.57. The lowest BCUT2D eigenvalue weighted by atomic mass is 10.1. The van der Waals surface area contributed by atoms with E-state index in [9.17, 15) is 4.79 Å². The molecule has 2 aromatic rings. The lowest BCUT2D eigenvalue weighted by Crippen LogP contribution is -2.36. The van der Waals surface area contributed by atoms with Crippen LogP contribution in [0.4, 0.5) is 5.82 Å². The van der Waals surface area contributed by atoms with Crippen LogP contribution in [0.1, 0.15) is 11.1 Å². The zero-order valence-electron chi connectivity index (χ0n) is 14.8. The number of anilines is 1. The molecular formula is C20H20ClN3O3. The molecule has 0 atom stereocenters. The van der Waals surface area contributed by atoms with Crippen molar-refractivity contribution in [1.82, 2.24) is 10.3 Å². The van der Waals surface area contributed by atoms with Crippen LogP contribution in [0, 0.1) is 0 Å². The number of hydrogen-bond acceptors (Lipinski definition) is 5. The molecule has 4 rings (SSSR count). The highest BCUT2D eigenvalue weighted by atomic mass is 35.5. The van der Waals surface area contributed by atoms with E-state index in [1.807, 2.05) is 24.3 Å². The summed E-state index contributed by atoms with van der Waals surface area (Å²) in [5.41, 5.74) is 2.33. The van der Waals surface area contributed by atoms with Crippen LogP contribution in [0.5, 0.6) is 5.75 Å². The van der Waals surface area contributed by atoms with Crippen LogP contribution >= 0.6 is 11.6 Å². The molecule has 1 saturated heterocycles. The number of halogens is 1. The largest absolute Gasteiger partial charge is 0.488 e. The molecule has 0 unspecified atom stereocenters. The van der Waals surface area contributed by atoms with E-state index in [0.717, 1.165) is 49.0 Å². The first-order valence-electron chi connectivity index (χ1n) is 8.88. The van der Waals surface area contributed by atoms with Crippen LogP contribution in [0.25, 0.3) is 6.08 Å². The van der Waals surface area contributed by atoms with E-state index < -0.39 is 0 Å². The predicted octanol–water partition coefficient (Wildman–Crippen LogP) is 2.66. The van der Waals surface area contributed by atoms with E-state index in [0.29, 0.717) is 17.1 Å². The van der Waals surface area contributed by atoms with Crippen molar-refractivity contribution < 1.29 is 14.3 Å². The number of aromatic nitrogens is 1. The van der Waals surface area contributed by atoms with Gasteiger partial charge in [0.05, 0.1) is 18.8 Å². The van der Waals surface area contributed by atoms with Crippen LogP contribution < -0.4 is 15.0 Å². The lowest BCUT2D eigenvalue weighted by Gasteiger charge is -2.27. The fourth-order valence-corrected chi connectivity index (χ4v) is 3.26. The van der Waals surface area contributed by atoms with Gasteiger partial charge in [0.15, 0.2) is 0 Å². The average molecular weight is 386 g/mol. The van der Waals surface area contributed by atoms with Gasteiger partial charge in [-0.2, -0.15) is 0 Å². The standard InChI is InChI=1S/C20H20ClN3O3/c21-17-2-3-18-15(10-17)9-16(13-27-18)20(25)23-12-14-1-4-19(22-11-14)24-5-7-26-8-6-24/h1-4,9-11H,5-8,12-13H2,(H,23,25). The van der Waals surface area contributed by atoms with Crippen LogP contribution in [0.15, 0.2) is 42.1 Å². The van der Waals surface area contributed by atoms with Gasteiger partial charge in [-0.15, -0.1) is 0 Å². The summed E-state index contributed by atoms with van der Waals surface area (Å²) in [6.07, 6.45) is 3.62. The van der Waals surface area contributed by atoms with E-state index in [4.69, 9.17) is 21.1 Å². The monoisotopic (exact) mass is 385 g/mol. The fourth-order valence-electron chi connectivity index (χ4n) is 3.08. The third-order valence-electron chi connectivity index (χ3n) is 4.57. The molecule has 2 aliphatic rings. The Kier molecular flexibility index (Phi) is 5.27. The highest BCUT2D eigenvalue weighted by Gasteiger charge is 2.17. The molecule has 0 spiro atoms.